The third kappa shape index (κ3) is 6.43. The van der Waals surface area contributed by atoms with Crippen molar-refractivity contribution in [1.29, 1.82) is 0 Å². The van der Waals surface area contributed by atoms with Gasteiger partial charge in [-0.25, -0.2) is 4.79 Å². The number of hydrogen-bond donors (Lipinski definition) is 2. The van der Waals surface area contributed by atoms with Crippen LogP contribution < -0.4 is 20.1 Å². The molecule has 0 aliphatic carbocycles. The summed E-state index contributed by atoms with van der Waals surface area (Å²) in [5.74, 6) is 2.34. The quantitative estimate of drug-likeness (QED) is 0.297. The van der Waals surface area contributed by atoms with Crippen LogP contribution in [0.2, 0.25) is 0 Å². The highest BCUT2D eigenvalue weighted by atomic mass is 32.2. The third-order valence-corrected chi connectivity index (χ3v) is 5.31. The molecule has 9 heteroatoms. The molecule has 0 spiro atoms. The van der Waals surface area contributed by atoms with Crippen LogP contribution in [0.4, 0.5) is 15.6 Å². The molecule has 0 fully saturated rings. The Morgan fingerprint density at radius 1 is 1.00 bits per heavy atom. The van der Waals surface area contributed by atoms with E-state index in [-0.39, 0.29) is 6.03 Å². The van der Waals surface area contributed by atoms with E-state index in [1.54, 1.807) is 24.3 Å². The summed E-state index contributed by atoms with van der Waals surface area (Å²) < 4.78 is 11.8. The van der Waals surface area contributed by atoms with Crippen molar-refractivity contribution in [3.05, 3.63) is 54.6 Å². The number of carbonyl (C=O) groups excluding carboxylic acids is 1. The van der Waals surface area contributed by atoms with Gasteiger partial charge in [0.15, 0.2) is 4.34 Å². The highest BCUT2D eigenvalue weighted by Crippen LogP contribution is 2.25. The minimum atomic E-state index is -0.371. The molecule has 0 unspecified atom stereocenters. The average molecular weight is 417 g/mol. The Labute approximate surface area is 171 Å². The van der Waals surface area contributed by atoms with E-state index >= 15 is 0 Å². The Morgan fingerprint density at radius 3 is 2.50 bits per heavy atom. The monoisotopic (exact) mass is 416 g/mol. The van der Waals surface area contributed by atoms with Gasteiger partial charge in [0, 0.05) is 11.4 Å². The summed E-state index contributed by atoms with van der Waals surface area (Å²) in [5, 5.41) is 13.9. The summed E-state index contributed by atoms with van der Waals surface area (Å²) in [6, 6.07) is 16.4. The van der Waals surface area contributed by atoms with Gasteiger partial charge >= 0.3 is 6.03 Å². The Bertz CT molecular complexity index is 872. The van der Waals surface area contributed by atoms with Crippen molar-refractivity contribution in [2.24, 2.45) is 0 Å². The van der Waals surface area contributed by atoms with Crippen molar-refractivity contribution in [2.75, 3.05) is 29.6 Å². The fourth-order valence-electron chi connectivity index (χ4n) is 2.18. The van der Waals surface area contributed by atoms with Crippen LogP contribution in [0.15, 0.2) is 58.9 Å². The van der Waals surface area contributed by atoms with Crippen LogP contribution in [0.3, 0.4) is 0 Å². The molecule has 3 rings (SSSR count). The maximum atomic E-state index is 12.1. The van der Waals surface area contributed by atoms with E-state index < -0.39 is 0 Å². The lowest BCUT2D eigenvalue weighted by Gasteiger charge is -2.06. The lowest BCUT2D eigenvalue weighted by Crippen LogP contribution is -2.19. The molecule has 28 heavy (non-hydrogen) atoms. The third-order valence-electron chi connectivity index (χ3n) is 3.37. The van der Waals surface area contributed by atoms with E-state index in [1.807, 2.05) is 37.3 Å². The van der Waals surface area contributed by atoms with Gasteiger partial charge in [-0.2, -0.15) is 0 Å². The molecule has 0 bridgehead atoms. The molecule has 0 aliphatic rings. The Kier molecular flexibility index (Phi) is 7.51. The van der Waals surface area contributed by atoms with Gasteiger partial charge in [0.1, 0.15) is 11.5 Å². The molecule has 0 atom stereocenters. The number of benzene rings is 2. The molecular weight excluding hydrogens is 396 g/mol. The first kappa shape index (κ1) is 20.0. The van der Waals surface area contributed by atoms with Gasteiger partial charge < -0.3 is 14.8 Å². The SMILES string of the molecule is CCOc1ccc(NC(=O)Nc2nnc(SCCOc3ccccc3)s2)cc1. The maximum absolute atomic E-state index is 12.1. The van der Waals surface area contributed by atoms with Crippen LogP contribution in [0, 0.1) is 0 Å². The van der Waals surface area contributed by atoms with E-state index in [4.69, 9.17) is 9.47 Å². The molecule has 2 aromatic carbocycles. The number of nitrogens with one attached hydrogen (secondary N) is 2. The highest BCUT2D eigenvalue weighted by Gasteiger charge is 2.09. The van der Waals surface area contributed by atoms with Crippen molar-refractivity contribution >= 4 is 39.9 Å². The fourth-order valence-corrected chi connectivity index (χ4v) is 3.82. The summed E-state index contributed by atoms with van der Waals surface area (Å²) >= 11 is 2.85. The van der Waals surface area contributed by atoms with E-state index in [0.717, 1.165) is 21.6 Å². The van der Waals surface area contributed by atoms with Gasteiger partial charge in [0.05, 0.1) is 13.2 Å². The normalized spacial score (nSPS) is 10.3. The molecule has 0 saturated heterocycles. The Balaban J connectivity index is 1.40. The number of para-hydroxylation sites is 1. The Morgan fingerprint density at radius 2 is 1.75 bits per heavy atom. The molecule has 0 aliphatic heterocycles. The molecule has 7 nitrogen and oxygen atoms in total. The molecule has 0 radical (unpaired) electrons. The topological polar surface area (TPSA) is 85.4 Å². The van der Waals surface area contributed by atoms with Crippen molar-refractivity contribution in [2.45, 2.75) is 11.3 Å². The van der Waals surface area contributed by atoms with Gasteiger partial charge in [0.2, 0.25) is 5.13 Å². The zero-order chi connectivity index (χ0) is 19.6. The number of rotatable bonds is 9. The first-order chi connectivity index (χ1) is 13.7. The summed E-state index contributed by atoms with van der Waals surface area (Å²) in [5.41, 5.74) is 0.665. The number of hydrogen-bond acceptors (Lipinski definition) is 7. The first-order valence-electron chi connectivity index (χ1n) is 8.68. The van der Waals surface area contributed by atoms with E-state index in [9.17, 15) is 4.79 Å². The summed E-state index contributed by atoms with van der Waals surface area (Å²) in [6.45, 7) is 3.09. The van der Waals surface area contributed by atoms with Crippen molar-refractivity contribution in [1.82, 2.24) is 10.2 Å². The summed E-state index contributed by atoms with van der Waals surface area (Å²) in [6.07, 6.45) is 0. The lowest BCUT2D eigenvalue weighted by molar-refractivity contribution is 0.262. The van der Waals surface area contributed by atoms with E-state index in [0.29, 0.717) is 24.0 Å². The number of aromatic nitrogens is 2. The lowest BCUT2D eigenvalue weighted by atomic mass is 10.3. The van der Waals surface area contributed by atoms with Crippen LogP contribution in [0.1, 0.15) is 6.92 Å². The second kappa shape index (κ2) is 10.5. The van der Waals surface area contributed by atoms with E-state index in [2.05, 4.69) is 20.8 Å². The molecular formula is C19H20N4O3S2. The van der Waals surface area contributed by atoms with Crippen molar-refractivity contribution < 1.29 is 14.3 Å². The van der Waals surface area contributed by atoms with Crippen LogP contribution in [-0.4, -0.2) is 35.2 Å². The van der Waals surface area contributed by atoms with E-state index in [1.165, 1.54) is 23.1 Å². The zero-order valence-corrected chi connectivity index (χ0v) is 16.9. The standard InChI is InChI=1S/C19H20N4O3S2/c1-2-25-16-10-8-14(9-11-16)20-17(24)21-18-22-23-19(28-18)27-13-12-26-15-6-4-3-5-7-15/h3-11H,2,12-13H2,1H3,(H2,20,21,22,24). The first-order valence-corrected chi connectivity index (χ1v) is 10.5. The van der Waals surface area contributed by atoms with Crippen molar-refractivity contribution in [3.63, 3.8) is 0 Å². The smallest absolute Gasteiger partial charge is 0.325 e. The van der Waals surface area contributed by atoms with Crippen LogP contribution >= 0.6 is 23.1 Å². The molecule has 1 heterocycles. The number of urea groups is 1. The molecule has 146 valence electrons. The number of carbonyl (C=O) groups is 1. The van der Waals surface area contributed by atoms with Gasteiger partial charge in [-0.05, 0) is 43.3 Å². The summed E-state index contributed by atoms with van der Waals surface area (Å²) in [4.78, 5) is 12.1. The summed E-state index contributed by atoms with van der Waals surface area (Å²) in [7, 11) is 0. The number of thioether (sulfide) groups is 1. The second-order valence-corrected chi connectivity index (χ2v) is 7.74. The predicted molar refractivity (Wildman–Crippen MR) is 113 cm³/mol. The van der Waals surface area contributed by atoms with Gasteiger partial charge in [0.25, 0.3) is 0 Å². The maximum Gasteiger partial charge on any atom is 0.325 e. The van der Waals surface area contributed by atoms with Crippen LogP contribution in [0.25, 0.3) is 0 Å². The van der Waals surface area contributed by atoms with Crippen molar-refractivity contribution in [3.8, 4) is 11.5 Å². The van der Waals surface area contributed by atoms with Gasteiger partial charge in [-0.15, -0.1) is 10.2 Å². The number of anilines is 2. The molecule has 1 aromatic heterocycles. The predicted octanol–water partition coefficient (Wildman–Crippen LogP) is 4.75. The van der Waals surface area contributed by atoms with Crippen LogP contribution in [0.5, 0.6) is 11.5 Å². The van der Waals surface area contributed by atoms with Crippen LogP contribution in [-0.2, 0) is 0 Å². The molecule has 0 saturated carbocycles. The number of nitrogens with zero attached hydrogens (tertiary/aromatic N) is 2. The molecule has 3 aromatic rings. The van der Waals surface area contributed by atoms with Gasteiger partial charge in [-0.3, -0.25) is 5.32 Å². The highest BCUT2D eigenvalue weighted by molar-refractivity contribution is 8.01. The number of amides is 2. The Hall–Kier alpha value is -2.78. The molecule has 2 amide bonds. The average Bonchev–Trinajstić information content (AvgIpc) is 3.15. The zero-order valence-electron chi connectivity index (χ0n) is 15.3. The minimum Gasteiger partial charge on any atom is -0.494 e. The van der Waals surface area contributed by atoms with Gasteiger partial charge in [-0.1, -0.05) is 41.3 Å². The minimum absolute atomic E-state index is 0.371. The number of ether oxygens (including phenoxy) is 2. The largest absolute Gasteiger partial charge is 0.494 e. The fraction of sp³-hybridized carbons (Fsp3) is 0.211. The molecule has 2 N–H and O–H groups in total. The second-order valence-electron chi connectivity index (χ2n) is 5.42.